The van der Waals surface area contributed by atoms with E-state index in [1.165, 1.54) is 16.7 Å². The number of ether oxygens (including phenoxy) is 1. The molecule has 2 heteroatoms. The van der Waals surface area contributed by atoms with Gasteiger partial charge in [-0.3, -0.25) is 4.79 Å². The van der Waals surface area contributed by atoms with Crippen molar-refractivity contribution in [1.29, 1.82) is 0 Å². The zero-order valence-electron chi connectivity index (χ0n) is 10.5. The molecule has 16 heavy (non-hydrogen) atoms. The van der Waals surface area contributed by atoms with Gasteiger partial charge in [0.2, 0.25) is 0 Å². The molecule has 0 bridgehead atoms. The number of benzene rings is 1. The largest absolute Gasteiger partial charge is 0.463 e. The summed E-state index contributed by atoms with van der Waals surface area (Å²) in [6, 6.07) is 6.31. The number of carbonyl (C=O) groups is 1. The zero-order valence-corrected chi connectivity index (χ0v) is 10.5. The monoisotopic (exact) mass is 220 g/mol. The van der Waals surface area contributed by atoms with Crippen molar-refractivity contribution in [2.24, 2.45) is 0 Å². The van der Waals surface area contributed by atoms with Gasteiger partial charge >= 0.3 is 5.97 Å². The van der Waals surface area contributed by atoms with Gasteiger partial charge in [0, 0.05) is 6.42 Å². The summed E-state index contributed by atoms with van der Waals surface area (Å²) in [5, 5.41) is 0. The molecule has 0 aliphatic rings. The minimum atomic E-state index is -0.116. The van der Waals surface area contributed by atoms with E-state index in [0.717, 1.165) is 6.42 Å². The van der Waals surface area contributed by atoms with Crippen molar-refractivity contribution in [1.82, 2.24) is 0 Å². The molecule has 0 N–H and O–H groups in total. The second kappa shape index (κ2) is 5.69. The highest BCUT2D eigenvalue weighted by Crippen LogP contribution is 2.13. The number of esters is 1. The first-order valence-corrected chi connectivity index (χ1v) is 5.74. The Bertz CT molecular complexity index is 367. The molecule has 0 heterocycles. The Hall–Kier alpha value is -1.31. The van der Waals surface area contributed by atoms with Crippen LogP contribution in [0.2, 0.25) is 0 Å². The van der Waals surface area contributed by atoms with Gasteiger partial charge in [-0.15, -0.1) is 0 Å². The summed E-state index contributed by atoms with van der Waals surface area (Å²) in [4.78, 5) is 11.4. The molecule has 0 saturated heterocycles. The zero-order chi connectivity index (χ0) is 12.1. The Morgan fingerprint density at radius 2 is 2.00 bits per heavy atom. The van der Waals surface area contributed by atoms with E-state index in [0.29, 0.717) is 6.42 Å². The molecular formula is C14H20O2. The first-order valence-electron chi connectivity index (χ1n) is 5.74. The molecule has 1 rings (SSSR count). The van der Waals surface area contributed by atoms with Gasteiger partial charge in [-0.2, -0.15) is 0 Å². The summed E-state index contributed by atoms with van der Waals surface area (Å²) in [6.07, 6.45) is 1.20. The van der Waals surface area contributed by atoms with Crippen LogP contribution in [0.5, 0.6) is 0 Å². The third-order valence-electron chi connectivity index (χ3n) is 2.46. The van der Waals surface area contributed by atoms with Crippen LogP contribution in [-0.2, 0) is 16.0 Å². The van der Waals surface area contributed by atoms with Crippen LogP contribution in [0.3, 0.4) is 0 Å². The lowest BCUT2D eigenvalue weighted by atomic mass is 10.0. The molecule has 0 fully saturated rings. The maximum atomic E-state index is 11.4. The van der Waals surface area contributed by atoms with E-state index in [2.05, 4.69) is 32.0 Å². The van der Waals surface area contributed by atoms with Crippen LogP contribution in [0.15, 0.2) is 18.2 Å². The lowest BCUT2D eigenvalue weighted by Crippen LogP contribution is -2.12. The molecular weight excluding hydrogens is 200 g/mol. The molecule has 2 nitrogen and oxygen atoms in total. The molecule has 0 aliphatic carbocycles. The van der Waals surface area contributed by atoms with E-state index in [9.17, 15) is 4.79 Å². The second-order valence-electron chi connectivity index (χ2n) is 4.47. The molecule has 0 spiro atoms. The van der Waals surface area contributed by atoms with Gasteiger partial charge in [0.1, 0.15) is 0 Å². The average Bonchev–Trinajstić information content (AvgIpc) is 2.15. The molecule has 0 unspecified atom stereocenters. The van der Waals surface area contributed by atoms with Crippen molar-refractivity contribution >= 4 is 5.97 Å². The standard InChI is InChI=1S/C14H20O2/c1-10(2)16-14(15)8-7-13-6-5-11(3)9-12(13)4/h5-6,9-10H,7-8H2,1-4H3. The fourth-order valence-corrected chi connectivity index (χ4v) is 1.68. The summed E-state index contributed by atoms with van der Waals surface area (Å²) in [5.41, 5.74) is 3.73. The lowest BCUT2D eigenvalue weighted by molar-refractivity contribution is -0.147. The van der Waals surface area contributed by atoms with Crippen molar-refractivity contribution < 1.29 is 9.53 Å². The van der Waals surface area contributed by atoms with Gasteiger partial charge in [0.05, 0.1) is 6.10 Å². The molecule has 0 radical (unpaired) electrons. The number of hydrogen-bond donors (Lipinski definition) is 0. The van der Waals surface area contributed by atoms with Crippen LogP contribution in [0.1, 0.15) is 37.0 Å². The summed E-state index contributed by atoms with van der Waals surface area (Å²) < 4.78 is 5.10. The Morgan fingerprint density at radius 3 is 2.56 bits per heavy atom. The number of aryl methyl sites for hydroxylation is 3. The highest BCUT2D eigenvalue weighted by molar-refractivity contribution is 5.69. The highest BCUT2D eigenvalue weighted by atomic mass is 16.5. The third-order valence-corrected chi connectivity index (χ3v) is 2.46. The van der Waals surface area contributed by atoms with Gasteiger partial charge in [-0.25, -0.2) is 0 Å². The van der Waals surface area contributed by atoms with Crippen LogP contribution < -0.4 is 0 Å². The first-order chi connectivity index (χ1) is 7.49. The minimum Gasteiger partial charge on any atom is -0.463 e. The number of carbonyl (C=O) groups excluding carboxylic acids is 1. The van der Waals surface area contributed by atoms with Crippen molar-refractivity contribution in [2.75, 3.05) is 0 Å². The maximum Gasteiger partial charge on any atom is 0.306 e. The lowest BCUT2D eigenvalue weighted by Gasteiger charge is -2.09. The Balaban J connectivity index is 2.51. The molecule has 1 aromatic rings. The first kappa shape index (κ1) is 12.8. The summed E-state index contributed by atoms with van der Waals surface area (Å²) in [5.74, 6) is -0.116. The van der Waals surface area contributed by atoms with Crippen LogP contribution >= 0.6 is 0 Å². The van der Waals surface area contributed by atoms with Crippen molar-refractivity contribution in [3.05, 3.63) is 34.9 Å². The average molecular weight is 220 g/mol. The van der Waals surface area contributed by atoms with Crippen LogP contribution in [0.25, 0.3) is 0 Å². The Morgan fingerprint density at radius 1 is 1.31 bits per heavy atom. The predicted octanol–water partition coefficient (Wildman–Crippen LogP) is 3.19. The normalized spacial score (nSPS) is 10.6. The van der Waals surface area contributed by atoms with E-state index >= 15 is 0 Å². The van der Waals surface area contributed by atoms with E-state index in [-0.39, 0.29) is 12.1 Å². The summed E-state index contributed by atoms with van der Waals surface area (Å²) in [7, 11) is 0. The van der Waals surface area contributed by atoms with Crippen molar-refractivity contribution in [2.45, 2.75) is 46.6 Å². The number of rotatable bonds is 4. The molecule has 0 aromatic heterocycles. The van der Waals surface area contributed by atoms with Crippen molar-refractivity contribution in [3.63, 3.8) is 0 Å². The smallest absolute Gasteiger partial charge is 0.306 e. The third kappa shape index (κ3) is 4.05. The number of hydrogen-bond acceptors (Lipinski definition) is 2. The molecule has 0 amide bonds. The Kier molecular flexibility index (Phi) is 4.53. The van der Waals surface area contributed by atoms with E-state index in [1.54, 1.807) is 0 Å². The van der Waals surface area contributed by atoms with Gasteiger partial charge in [0.25, 0.3) is 0 Å². The van der Waals surface area contributed by atoms with E-state index in [4.69, 9.17) is 4.74 Å². The Labute approximate surface area is 97.6 Å². The van der Waals surface area contributed by atoms with Gasteiger partial charge in [0.15, 0.2) is 0 Å². The van der Waals surface area contributed by atoms with Crippen molar-refractivity contribution in [3.8, 4) is 0 Å². The topological polar surface area (TPSA) is 26.3 Å². The van der Waals surface area contributed by atoms with Gasteiger partial charge in [-0.1, -0.05) is 23.8 Å². The molecule has 0 atom stereocenters. The molecule has 0 saturated carbocycles. The van der Waals surface area contributed by atoms with E-state index < -0.39 is 0 Å². The summed E-state index contributed by atoms with van der Waals surface area (Å²) >= 11 is 0. The van der Waals surface area contributed by atoms with Gasteiger partial charge < -0.3 is 4.74 Å². The van der Waals surface area contributed by atoms with Crippen LogP contribution in [0, 0.1) is 13.8 Å². The maximum absolute atomic E-state index is 11.4. The predicted molar refractivity (Wildman–Crippen MR) is 65.5 cm³/mol. The fourth-order valence-electron chi connectivity index (χ4n) is 1.68. The van der Waals surface area contributed by atoms with Gasteiger partial charge in [-0.05, 0) is 45.2 Å². The minimum absolute atomic E-state index is 0.0217. The molecule has 1 aromatic carbocycles. The quantitative estimate of drug-likeness (QED) is 0.728. The molecule has 0 aliphatic heterocycles. The second-order valence-corrected chi connectivity index (χ2v) is 4.47. The molecule has 88 valence electrons. The summed E-state index contributed by atoms with van der Waals surface area (Å²) in [6.45, 7) is 7.89. The van der Waals surface area contributed by atoms with Crippen LogP contribution in [0.4, 0.5) is 0 Å². The van der Waals surface area contributed by atoms with Crippen LogP contribution in [-0.4, -0.2) is 12.1 Å². The fraction of sp³-hybridized carbons (Fsp3) is 0.500. The highest BCUT2D eigenvalue weighted by Gasteiger charge is 2.07. The van der Waals surface area contributed by atoms with E-state index in [1.807, 2.05) is 13.8 Å². The SMILES string of the molecule is Cc1ccc(CCC(=O)OC(C)C)c(C)c1.